The van der Waals surface area contributed by atoms with Gasteiger partial charge in [0.05, 0.1) is 12.3 Å². The van der Waals surface area contributed by atoms with Crippen molar-refractivity contribution in [2.75, 3.05) is 50.6 Å². The molecule has 0 radical (unpaired) electrons. The molecule has 1 aliphatic heterocycles. The molecule has 1 aliphatic rings. The lowest BCUT2D eigenvalue weighted by atomic mass is 10.1. The van der Waals surface area contributed by atoms with Gasteiger partial charge in [-0.1, -0.05) is 18.2 Å². The number of fused-ring (bicyclic) bond motifs is 1. The summed E-state index contributed by atoms with van der Waals surface area (Å²) in [5.74, 6) is 0.294. The highest BCUT2D eigenvalue weighted by Gasteiger charge is 2.18. The highest BCUT2D eigenvalue weighted by atomic mass is 16.5. The third-order valence-electron chi connectivity index (χ3n) is 6.79. The van der Waals surface area contributed by atoms with E-state index in [9.17, 15) is 9.59 Å². The minimum Gasteiger partial charge on any atom is -0.380 e. The normalized spacial score (nSPS) is 14.3. The summed E-state index contributed by atoms with van der Waals surface area (Å²) in [7, 11) is 3.72. The Balaban J connectivity index is 1.46. The molecule has 2 aromatic carbocycles. The average molecular weight is 502 g/mol. The molecule has 0 spiro atoms. The highest BCUT2D eigenvalue weighted by Crippen LogP contribution is 2.26. The number of para-hydroxylation sites is 1. The number of hydrogen-bond acceptors (Lipinski definition) is 8. The molecule has 0 amide bonds. The number of nitrogens with zero attached hydrogens (tertiary/aromatic N) is 5. The molecule has 3 heterocycles. The number of benzene rings is 2. The molecule has 10 nitrogen and oxygen atoms in total. The predicted molar refractivity (Wildman–Crippen MR) is 145 cm³/mol. The molecule has 0 atom stereocenters. The fraction of sp³-hybridized carbons (Fsp3) is 0.333. The quantitative estimate of drug-likeness (QED) is 0.415. The minimum absolute atomic E-state index is 0.177. The van der Waals surface area contributed by atoms with Crippen molar-refractivity contribution in [1.29, 1.82) is 0 Å². The van der Waals surface area contributed by atoms with E-state index in [4.69, 9.17) is 4.74 Å². The van der Waals surface area contributed by atoms with Gasteiger partial charge in [0.1, 0.15) is 5.39 Å². The van der Waals surface area contributed by atoms with Crippen molar-refractivity contribution in [2.45, 2.75) is 20.5 Å². The first-order chi connectivity index (χ1) is 17.9. The van der Waals surface area contributed by atoms with Crippen molar-refractivity contribution in [3.63, 3.8) is 0 Å². The lowest BCUT2D eigenvalue weighted by Crippen LogP contribution is -2.44. The summed E-state index contributed by atoms with van der Waals surface area (Å²) < 4.78 is 6.40. The minimum atomic E-state index is -0.568. The van der Waals surface area contributed by atoms with Gasteiger partial charge in [0.2, 0.25) is 5.95 Å². The Hall–Kier alpha value is -4.02. The van der Waals surface area contributed by atoms with Crippen molar-refractivity contribution >= 4 is 28.4 Å². The van der Waals surface area contributed by atoms with Crippen LogP contribution in [0.2, 0.25) is 0 Å². The van der Waals surface area contributed by atoms with Gasteiger partial charge >= 0.3 is 5.69 Å². The molecule has 5 rings (SSSR count). The molecule has 1 fully saturated rings. The molecule has 37 heavy (non-hydrogen) atoms. The average Bonchev–Trinajstić information content (AvgIpc) is 2.86. The third kappa shape index (κ3) is 4.85. The molecule has 192 valence electrons. The van der Waals surface area contributed by atoms with Gasteiger partial charge in [-0.2, -0.15) is 4.98 Å². The summed E-state index contributed by atoms with van der Waals surface area (Å²) >= 11 is 0. The van der Waals surface area contributed by atoms with E-state index in [1.54, 1.807) is 7.11 Å². The van der Waals surface area contributed by atoms with E-state index in [0.29, 0.717) is 11.6 Å². The van der Waals surface area contributed by atoms with Crippen LogP contribution in [0.25, 0.3) is 16.7 Å². The SMILES string of the molecule is COCc1cccc(C)c1-n1c(=O)[nH]c2nc(Nc3ccc(N4CCN(C)CC4)c(C)c3)ncc2c1=O. The van der Waals surface area contributed by atoms with E-state index >= 15 is 0 Å². The van der Waals surface area contributed by atoms with Crippen molar-refractivity contribution < 1.29 is 4.74 Å². The number of hydrogen-bond donors (Lipinski definition) is 2. The topological polar surface area (TPSA) is 108 Å². The molecular formula is C27H31N7O3. The number of methoxy groups -OCH3 is 1. The summed E-state index contributed by atoms with van der Waals surface area (Å²) in [5, 5.41) is 3.42. The molecule has 0 saturated carbocycles. The molecule has 0 bridgehead atoms. The number of aromatic amines is 1. The summed E-state index contributed by atoms with van der Waals surface area (Å²) in [6.45, 7) is 8.29. The van der Waals surface area contributed by atoms with Gasteiger partial charge in [-0.05, 0) is 50.2 Å². The van der Waals surface area contributed by atoms with Gasteiger partial charge in [-0.3, -0.25) is 9.78 Å². The summed E-state index contributed by atoms with van der Waals surface area (Å²) in [6, 6.07) is 11.7. The molecule has 10 heteroatoms. The standard InChI is InChI=1S/C27H31N7O3/c1-17-6-5-7-19(16-37-4)23(17)34-25(35)21-15-28-26(30-24(21)31-27(34)36)29-20-8-9-22(18(2)14-20)33-12-10-32(3)11-13-33/h5-9,14-15H,10-13,16H2,1-4H3,(H2,28,29,30,31,36). The fourth-order valence-electron chi connectivity index (χ4n) is 4.84. The number of piperazine rings is 1. The Bertz CT molecular complexity index is 1570. The summed E-state index contributed by atoms with van der Waals surface area (Å²) in [5.41, 5.74) is 4.36. The largest absolute Gasteiger partial charge is 0.380 e. The molecular weight excluding hydrogens is 470 g/mol. The smallest absolute Gasteiger partial charge is 0.334 e. The maximum Gasteiger partial charge on any atom is 0.334 e. The van der Waals surface area contributed by atoms with Crippen LogP contribution in [-0.2, 0) is 11.3 Å². The van der Waals surface area contributed by atoms with E-state index in [1.165, 1.54) is 11.9 Å². The van der Waals surface area contributed by atoms with Gasteiger partial charge < -0.3 is 19.9 Å². The first-order valence-electron chi connectivity index (χ1n) is 12.3. The maximum absolute atomic E-state index is 13.4. The second-order valence-electron chi connectivity index (χ2n) is 9.46. The zero-order valence-electron chi connectivity index (χ0n) is 21.5. The molecule has 0 unspecified atom stereocenters. The number of likely N-dealkylation sites (N-methyl/N-ethyl adjacent to an activating group) is 1. The van der Waals surface area contributed by atoms with Gasteiger partial charge in [0, 0.05) is 56.4 Å². The Morgan fingerprint density at radius 2 is 1.84 bits per heavy atom. The van der Waals surface area contributed by atoms with Crippen LogP contribution in [0.1, 0.15) is 16.7 Å². The van der Waals surface area contributed by atoms with Gasteiger partial charge in [-0.15, -0.1) is 0 Å². The second-order valence-corrected chi connectivity index (χ2v) is 9.46. The number of anilines is 3. The van der Waals surface area contributed by atoms with Crippen LogP contribution in [0.15, 0.2) is 52.2 Å². The van der Waals surface area contributed by atoms with E-state index in [-0.39, 0.29) is 17.6 Å². The Morgan fingerprint density at radius 1 is 1.05 bits per heavy atom. The summed E-state index contributed by atoms with van der Waals surface area (Å²) in [4.78, 5) is 42.7. The van der Waals surface area contributed by atoms with Gasteiger partial charge in [-0.25, -0.2) is 14.3 Å². The van der Waals surface area contributed by atoms with Crippen LogP contribution < -0.4 is 21.5 Å². The van der Waals surface area contributed by atoms with Crippen molar-refractivity contribution in [3.05, 3.63) is 80.1 Å². The first kappa shape index (κ1) is 24.7. The van der Waals surface area contributed by atoms with Crippen molar-refractivity contribution in [3.8, 4) is 5.69 Å². The lowest BCUT2D eigenvalue weighted by molar-refractivity contribution is 0.184. The molecule has 2 N–H and O–H groups in total. The van der Waals surface area contributed by atoms with E-state index in [2.05, 4.69) is 56.2 Å². The molecule has 2 aromatic heterocycles. The van der Waals surface area contributed by atoms with Crippen molar-refractivity contribution in [1.82, 2.24) is 24.4 Å². The number of rotatable bonds is 6. The van der Waals surface area contributed by atoms with Crippen LogP contribution in [0.4, 0.5) is 17.3 Å². The zero-order valence-corrected chi connectivity index (χ0v) is 21.5. The highest BCUT2D eigenvalue weighted by molar-refractivity contribution is 5.75. The number of aryl methyl sites for hydroxylation is 2. The monoisotopic (exact) mass is 501 g/mol. The van der Waals surface area contributed by atoms with E-state index in [1.807, 2.05) is 31.2 Å². The fourth-order valence-corrected chi connectivity index (χ4v) is 4.84. The van der Waals surface area contributed by atoms with Gasteiger partial charge in [0.15, 0.2) is 5.65 Å². The van der Waals surface area contributed by atoms with Crippen LogP contribution >= 0.6 is 0 Å². The Labute approximate surface area is 214 Å². The number of nitrogens with one attached hydrogen (secondary N) is 2. The van der Waals surface area contributed by atoms with Crippen molar-refractivity contribution in [2.24, 2.45) is 0 Å². The Kier molecular flexibility index (Phi) is 6.77. The molecule has 0 aliphatic carbocycles. The van der Waals surface area contributed by atoms with Crippen LogP contribution in [0, 0.1) is 13.8 Å². The van der Waals surface area contributed by atoms with Gasteiger partial charge in [0.25, 0.3) is 5.56 Å². The molecule has 4 aromatic rings. The van der Waals surface area contributed by atoms with Crippen LogP contribution in [-0.4, -0.2) is 64.8 Å². The van der Waals surface area contributed by atoms with Crippen LogP contribution in [0.5, 0.6) is 0 Å². The zero-order chi connectivity index (χ0) is 26.1. The third-order valence-corrected chi connectivity index (χ3v) is 6.79. The van der Waals surface area contributed by atoms with E-state index in [0.717, 1.165) is 53.1 Å². The van der Waals surface area contributed by atoms with Crippen LogP contribution in [0.3, 0.4) is 0 Å². The second kappa shape index (κ2) is 10.2. The summed E-state index contributed by atoms with van der Waals surface area (Å²) in [6.07, 6.45) is 1.44. The first-order valence-corrected chi connectivity index (χ1v) is 12.3. The lowest BCUT2D eigenvalue weighted by Gasteiger charge is -2.35. The number of ether oxygens (including phenoxy) is 1. The maximum atomic E-state index is 13.4. The predicted octanol–water partition coefficient (Wildman–Crippen LogP) is 2.73. The number of H-pyrrole nitrogens is 1. The number of aromatic nitrogens is 4. The molecule has 1 saturated heterocycles. The Morgan fingerprint density at radius 3 is 2.57 bits per heavy atom. The van der Waals surface area contributed by atoms with E-state index < -0.39 is 11.2 Å².